The van der Waals surface area contributed by atoms with Gasteiger partial charge in [0.1, 0.15) is 5.82 Å². The van der Waals surface area contributed by atoms with Gasteiger partial charge in [0.2, 0.25) is 5.91 Å². The molecule has 1 fully saturated rings. The second-order valence-electron chi connectivity index (χ2n) is 5.26. The molecule has 0 aromatic heterocycles. The lowest BCUT2D eigenvalue weighted by Crippen LogP contribution is -2.39. The molecule has 104 valence electrons. The van der Waals surface area contributed by atoms with E-state index in [1.165, 1.54) is 6.07 Å². The van der Waals surface area contributed by atoms with Crippen LogP contribution < -0.4 is 10.2 Å². The van der Waals surface area contributed by atoms with E-state index in [-0.39, 0.29) is 18.3 Å². The number of aliphatic hydroxyl groups is 1. The average Bonchev–Trinajstić information content (AvgIpc) is 2.81. The fraction of sp³-hybridized carbons (Fsp3) is 0.500. The summed E-state index contributed by atoms with van der Waals surface area (Å²) in [5.74, 6) is -0.366. The molecule has 1 aliphatic rings. The third kappa shape index (κ3) is 2.56. The maximum absolute atomic E-state index is 14.0. The molecular weight excluding hydrogens is 247 g/mol. The number of carbonyl (C=O) groups is 1. The van der Waals surface area contributed by atoms with Crippen molar-refractivity contribution in [2.45, 2.75) is 20.0 Å². The van der Waals surface area contributed by atoms with Crippen molar-refractivity contribution in [3.8, 4) is 0 Å². The monoisotopic (exact) mass is 266 g/mol. The molecule has 5 heteroatoms. The SMILES string of the molecule is CNC(=O)C1(C)CCN(c2ccc(CO)cc2F)C1. The Kier molecular flexibility index (Phi) is 3.75. The topological polar surface area (TPSA) is 52.6 Å². The van der Waals surface area contributed by atoms with Gasteiger partial charge in [-0.2, -0.15) is 0 Å². The first-order valence-electron chi connectivity index (χ1n) is 6.36. The second kappa shape index (κ2) is 5.17. The van der Waals surface area contributed by atoms with Crippen LogP contribution in [0.25, 0.3) is 0 Å². The van der Waals surface area contributed by atoms with Crippen molar-refractivity contribution in [1.29, 1.82) is 0 Å². The molecule has 1 aromatic rings. The lowest BCUT2D eigenvalue weighted by Gasteiger charge is -2.24. The minimum Gasteiger partial charge on any atom is -0.392 e. The van der Waals surface area contributed by atoms with Crippen LogP contribution in [0, 0.1) is 11.2 Å². The number of hydrogen-bond donors (Lipinski definition) is 2. The predicted octanol–water partition coefficient (Wildman–Crippen LogP) is 1.28. The molecule has 1 saturated heterocycles. The highest BCUT2D eigenvalue weighted by Crippen LogP contribution is 2.34. The normalized spacial score (nSPS) is 22.6. The fourth-order valence-corrected chi connectivity index (χ4v) is 2.56. The first-order valence-corrected chi connectivity index (χ1v) is 6.36. The van der Waals surface area contributed by atoms with Gasteiger partial charge in [-0.1, -0.05) is 6.07 Å². The number of amides is 1. The van der Waals surface area contributed by atoms with Gasteiger partial charge in [0.25, 0.3) is 0 Å². The number of aliphatic hydroxyl groups excluding tert-OH is 1. The second-order valence-corrected chi connectivity index (χ2v) is 5.26. The molecule has 1 aromatic carbocycles. The first-order chi connectivity index (χ1) is 9.00. The highest BCUT2D eigenvalue weighted by Gasteiger charge is 2.40. The van der Waals surface area contributed by atoms with Crippen molar-refractivity contribution in [3.63, 3.8) is 0 Å². The van der Waals surface area contributed by atoms with E-state index in [0.29, 0.717) is 30.8 Å². The van der Waals surface area contributed by atoms with Gasteiger partial charge in [-0.05, 0) is 31.0 Å². The molecule has 19 heavy (non-hydrogen) atoms. The summed E-state index contributed by atoms with van der Waals surface area (Å²) in [5, 5.41) is 11.6. The summed E-state index contributed by atoms with van der Waals surface area (Å²) in [6.45, 7) is 2.88. The fourth-order valence-electron chi connectivity index (χ4n) is 2.56. The van der Waals surface area contributed by atoms with E-state index >= 15 is 0 Å². The highest BCUT2D eigenvalue weighted by molar-refractivity contribution is 5.83. The Labute approximate surface area is 112 Å². The summed E-state index contributed by atoms with van der Waals surface area (Å²) in [6.07, 6.45) is 0.702. The molecule has 4 nitrogen and oxygen atoms in total. The van der Waals surface area contributed by atoms with Crippen molar-refractivity contribution in [2.24, 2.45) is 5.41 Å². The maximum atomic E-state index is 14.0. The maximum Gasteiger partial charge on any atom is 0.227 e. The number of rotatable bonds is 3. The molecule has 2 N–H and O–H groups in total. The first kappa shape index (κ1) is 13.8. The molecule has 0 saturated carbocycles. The zero-order chi connectivity index (χ0) is 14.0. The zero-order valence-electron chi connectivity index (χ0n) is 11.2. The van der Waals surface area contributed by atoms with Crippen LogP contribution in [0.1, 0.15) is 18.9 Å². The van der Waals surface area contributed by atoms with Crippen molar-refractivity contribution < 1.29 is 14.3 Å². The van der Waals surface area contributed by atoms with Gasteiger partial charge in [0, 0.05) is 20.1 Å². The largest absolute Gasteiger partial charge is 0.392 e. The van der Waals surface area contributed by atoms with Crippen LogP contribution in [0.4, 0.5) is 10.1 Å². The smallest absolute Gasteiger partial charge is 0.227 e. The molecule has 1 heterocycles. The van der Waals surface area contributed by atoms with Crippen molar-refractivity contribution >= 4 is 11.6 Å². The zero-order valence-corrected chi connectivity index (χ0v) is 11.2. The third-order valence-corrected chi connectivity index (χ3v) is 3.78. The Morgan fingerprint density at radius 2 is 2.32 bits per heavy atom. The molecule has 0 aliphatic carbocycles. The summed E-state index contributed by atoms with van der Waals surface area (Å²) < 4.78 is 14.0. The van der Waals surface area contributed by atoms with E-state index in [1.54, 1.807) is 19.2 Å². The van der Waals surface area contributed by atoms with Crippen LogP contribution in [0.5, 0.6) is 0 Å². The summed E-state index contributed by atoms with van der Waals surface area (Å²) in [5.41, 5.74) is 0.566. The third-order valence-electron chi connectivity index (χ3n) is 3.78. The van der Waals surface area contributed by atoms with Gasteiger partial charge in [-0.3, -0.25) is 4.79 Å². The Morgan fingerprint density at radius 1 is 1.58 bits per heavy atom. The molecule has 2 rings (SSSR count). The van der Waals surface area contributed by atoms with Crippen molar-refractivity contribution in [2.75, 3.05) is 25.0 Å². The van der Waals surface area contributed by atoms with E-state index in [2.05, 4.69) is 5.32 Å². The predicted molar refractivity (Wildman–Crippen MR) is 71.3 cm³/mol. The van der Waals surface area contributed by atoms with Gasteiger partial charge in [0.05, 0.1) is 17.7 Å². The standard InChI is InChI=1S/C14H19FN2O2/c1-14(13(19)16-2)5-6-17(9-14)12-4-3-10(8-18)7-11(12)15/h3-4,7,18H,5-6,8-9H2,1-2H3,(H,16,19). The Bertz CT molecular complexity index is 492. The number of nitrogens with zero attached hydrogens (tertiary/aromatic N) is 1. The highest BCUT2D eigenvalue weighted by atomic mass is 19.1. The van der Waals surface area contributed by atoms with Crippen LogP contribution in [-0.2, 0) is 11.4 Å². The average molecular weight is 266 g/mol. The van der Waals surface area contributed by atoms with Crippen LogP contribution in [0.2, 0.25) is 0 Å². The van der Waals surface area contributed by atoms with E-state index in [1.807, 2.05) is 11.8 Å². The number of nitrogens with one attached hydrogen (secondary N) is 1. The Morgan fingerprint density at radius 3 is 2.89 bits per heavy atom. The molecule has 0 radical (unpaired) electrons. The van der Waals surface area contributed by atoms with E-state index in [0.717, 1.165) is 0 Å². The van der Waals surface area contributed by atoms with Crippen molar-refractivity contribution in [1.82, 2.24) is 5.32 Å². The molecule has 1 aliphatic heterocycles. The van der Waals surface area contributed by atoms with Crippen molar-refractivity contribution in [3.05, 3.63) is 29.6 Å². The number of hydrogen-bond acceptors (Lipinski definition) is 3. The minimum atomic E-state index is -0.475. The molecule has 1 atom stereocenters. The van der Waals surface area contributed by atoms with Crippen LogP contribution in [-0.4, -0.2) is 31.2 Å². The lowest BCUT2D eigenvalue weighted by molar-refractivity contribution is -0.128. The van der Waals surface area contributed by atoms with Gasteiger partial charge in [-0.15, -0.1) is 0 Å². The van der Waals surface area contributed by atoms with Crippen LogP contribution in [0.15, 0.2) is 18.2 Å². The Hall–Kier alpha value is -1.62. The molecule has 0 spiro atoms. The summed E-state index contributed by atoms with van der Waals surface area (Å²) >= 11 is 0. The lowest BCUT2D eigenvalue weighted by atomic mass is 9.89. The Balaban J connectivity index is 2.19. The van der Waals surface area contributed by atoms with Gasteiger partial charge in [-0.25, -0.2) is 4.39 Å². The van der Waals surface area contributed by atoms with Gasteiger partial charge < -0.3 is 15.3 Å². The summed E-state index contributed by atoms with van der Waals surface area (Å²) in [6, 6.07) is 4.70. The summed E-state index contributed by atoms with van der Waals surface area (Å²) in [4.78, 5) is 13.7. The van der Waals surface area contributed by atoms with E-state index in [9.17, 15) is 9.18 Å². The van der Waals surface area contributed by atoms with Crippen LogP contribution in [0.3, 0.4) is 0 Å². The number of anilines is 1. The molecule has 0 bridgehead atoms. The number of carbonyl (C=O) groups excluding carboxylic acids is 1. The summed E-state index contributed by atoms with van der Waals surface area (Å²) in [7, 11) is 1.62. The minimum absolute atomic E-state index is 0.0117. The molecular formula is C14H19FN2O2. The number of halogens is 1. The molecule has 1 amide bonds. The van der Waals surface area contributed by atoms with E-state index < -0.39 is 5.41 Å². The quantitative estimate of drug-likeness (QED) is 0.866. The molecule has 1 unspecified atom stereocenters. The van der Waals surface area contributed by atoms with Gasteiger partial charge >= 0.3 is 0 Å². The number of benzene rings is 1. The van der Waals surface area contributed by atoms with E-state index in [4.69, 9.17) is 5.11 Å². The van der Waals surface area contributed by atoms with Crippen LogP contribution >= 0.6 is 0 Å². The van der Waals surface area contributed by atoms with Gasteiger partial charge in [0.15, 0.2) is 0 Å².